The Hall–Kier alpha value is -1.69. The summed E-state index contributed by atoms with van der Waals surface area (Å²) in [6.45, 7) is 7.47. The molecule has 0 aliphatic heterocycles. The maximum Gasteiger partial charge on any atom is 0.0964 e. The van der Waals surface area contributed by atoms with Gasteiger partial charge in [-0.2, -0.15) is 5.10 Å². The summed E-state index contributed by atoms with van der Waals surface area (Å²) in [6.07, 6.45) is 5.87. The van der Waals surface area contributed by atoms with E-state index >= 15 is 0 Å². The second kappa shape index (κ2) is 5.58. The summed E-state index contributed by atoms with van der Waals surface area (Å²) >= 11 is 0. The lowest BCUT2D eigenvalue weighted by Gasteiger charge is -1.96. The van der Waals surface area contributed by atoms with Gasteiger partial charge in [-0.05, 0) is 13.5 Å². The van der Waals surface area contributed by atoms with Gasteiger partial charge in [0, 0.05) is 24.8 Å². The molecule has 0 radical (unpaired) electrons. The van der Waals surface area contributed by atoms with E-state index in [-0.39, 0.29) is 0 Å². The fourth-order valence-corrected chi connectivity index (χ4v) is 1.60. The molecule has 2 aromatic rings. The molecule has 17 heavy (non-hydrogen) atoms. The highest BCUT2D eigenvalue weighted by Gasteiger charge is 2.02. The highest BCUT2D eigenvalue weighted by Crippen LogP contribution is 2.01. The van der Waals surface area contributed by atoms with Gasteiger partial charge < -0.3 is 5.32 Å². The van der Waals surface area contributed by atoms with Crippen LogP contribution in [-0.2, 0) is 19.6 Å². The van der Waals surface area contributed by atoms with Gasteiger partial charge in [0.05, 0.1) is 24.6 Å². The molecule has 0 bridgehead atoms. The predicted octanol–water partition coefficient (Wildman–Crippen LogP) is 0.652. The highest BCUT2D eigenvalue weighted by molar-refractivity contribution is 5.05. The molecule has 92 valence electrons. The van der Waals surface area contributed by atoms with Crippen molar-refractivity contribution in [1.82, 2.24) is 30.1 Å². The molecule has 0 amide bonds. The molecule has 2 heterocycles. The van der Waals surface area contributed by atoms with E-state index in [0.29, 0.717) is 0 Å². The van der Waals surface area contributed by atoms with Crippen LogP contribution in [0.2, 0.25) is 0 Å². The van der Waals surface area contributed by atoms with Crippen molar-refractivity contribution >= 4 is 0 Å². The van der Waals surface area contributed by atoms with Crippen LogP contribution in [0.5, 0.6) is 0 Å². The first-order valence-corrected chi connectivity index (χ1v) is 5.93. The number of nitrogens with zero attached hydrogens (tertiary/aromatic N) is 5. The van der Waals surface area contributed by atoms with Crippen LogP contribution in [0.4, 0.5) is 0 Å². The molecule has 0 saturated heterocycles. The van der Waals surface area contributed by atoms with E-state index in [1.54, 1.807) is 0 Å². The van der Waals surface area contributed by atoms with Gasteiger partial charge in [-0.3, -0.25) is 4.68 Å². The molecule has 1 N–H and O–H groups in total. The van der Waals surface area contributed by atoms with Crippen LogP contribution in [0.15, 0.2) is 18.6 Å². The van der Waals surface area contributed by atoms with Gasteiger partial charge in [0.2, 0.25) is 0 Å². The Kier molecular flexibility index (Phi) is 3.87. The number of aryl methyl sites for hydroxylation is 1. The van der Waals surface area contributed by atoms with Crippen LogP contribution in [0.3, 0.4) is 0 Å². The zero-order valence-corrected chi connectivity index (χ0v) is 10.3. The smallest absolute Gasteiger partial charge is 0.0964 e. The van der Waals surface area contributed by atoms with Crippen LogP contribution < -0.4 is 5.32 Å². The lowest BCUT2D eigenvalue weighted by molar-refractivity contribution is 0.641. The third-order valence-electron chi connectivity index (χ3n) is 2.50. The first kappa shape index (κ1) is 11.8. The third kappa shape index (κ3) is 3.13. The molecule has 0 aromatic carbocycles. The molecular formula is C11H18N6. The predicted molar refractivity (Wildman–Crippen MR) is 64.4 cm³/mol. The average Bonchev–Trinajstić information content (AvgIpc) is 2.96. The summed E-state index contributed by atoms with van der Waals surface area (Å²) in [5, 5.41) is 15.6. The molecule has 0 unspecified atom stereocenters. The van der Waals surface area contributed by atoms with Gasteiger partial charge in [0.1, 0.15) is 0 Å². The maximum atomic E-state index is 4.23. The lowest BCUT2D eigenvalue weighted by atomic mass is 10.3. The fraction of sp³-hybridized carbons (Fsp3) is 0.545. The molecule has 0 saturated carbocycles. The summed E-state index contributed by atoms with van der Waals surface area (Å²) in [5.74, 6) is 0. The van der Waals surface area contributed by atoms with Gasteiger partial charge in [0.15, 0.2) is 0 Å². The van der Waals surface area contributed by atoms with E-state index in [9.17, 15) is 0 Å². The molecule has 0 aliphatic rings. The minimum Gasteiger partial charge on any atom is -0.311 e. The minimum atomic E-state index is 0.721. The zero-order valence-electron chi connectivity index (χ0n) is 10.3. The van der Waals surface area contributed by atoms with E-state index in [1.807, 2.05) is 28.0 Å². The Morgan fingerprint density at radius 1 is 1.24 bits per heavy atom. The molecule has 0 fully saturated rings. The van der Waals surface area contributed by atoms with Crippen molar-refractivity contribution in [3.8, 4) is 0 Å². The number of nitrogens with one attached hydrogen (secondary N) is 1. The number of rotatable bonds is 6. The Morgan fingerprint density at radius 2 is 2.12 bits per heavy atom. The van der Waals surface area contributed by atoms with Crippen molar-refractivity contribution in [2.75, 3.05) is 6.54 Å². The number of hydrogen-bond acceptors (Lipinski definition) is 4. The Bertz CT molecular complexity index is 458. The van der Waals surface area contributed by atoms with Crippen molar-refractivity contribution in [1.29, 1.82) is 0 Å². The van der Waals surface area contributed by atoms with Crippen molar-refractivity contribution in [3.05, 3.63) is 29.8 Å². The van der Waals surface area contributed by atoms with Crippen LogP contribution in [0, 0.1) is 0 Å². The Labute approximate surface area is 101 Å². The highest BCUT2D eigenvalue weighted by atomic mass is 15.4. The molecule has 0 aliphatic carbocycles. The summed E-state index contributed by atoms with van der Waals surface area (Å²) < 4.78 is 3.75. The van der Waals surface area contributed by atoms with Gasteiger partial charge in [0.25, 0.3) is 0 Å². The lowest BCUT2D eigenvalue weighted by Crippen LogP contribution is -2.11. The van der Waals surface area contributed by atoms with Crippen LogP contribution in [0.1, 0.15) is 25.1 Å². The Morgan fingerprint density at radius 3 is 2.82 bits per heavy atom. The summed E-state index contributed by atoms with van der Waals surface area (Å²) in [5.41, 5.74) is 2.11. The topological polar surface area (TPSA) is 60.6 Å². The van der Waals surface area contributed by atoms with Gasteiger partial charge in [-0.15, -0.1) is 5.10 Å². The third-order valence-corrected chi connectivity index (χ3v) is 2.50. The monoisotopic (exact) mass is 234 g/mol. The second-order valence-electron chi connectivity index (χ2n) is 3.89. The Balaban J connectivity index is 1.96. The van der Waals surface area contributed by atoms with Crippen molar-refractivity contribution in [3.63, 3.8) is 0 Å². The van der Waals surface area contributed by atoms with E-state index in [1.165, 1.54) is 0 Å². The summed E-state index contributed by atoms with van der Waals surface area (Å²) in [4.78, 5) is 0. The van der Waals surface area contributed by atoms with Crippen LogP contribution >= 0.6 is 0 Å². The second-order valence-corrected chi connectivity index (χ2v) is 3.89. The van der Waals surface area contributed by atoms with Gasteiger partial charge in [-0.1, -0.05) is 12.1 Å². The number of aromatic nitrogens is 5. The molecule has 6 nitrogen and oxygen atoms in total. The first-order valence-electron chi connectivity index (χ1n) is 5.93. The maximum absolute atomic E-state index is 4.23. The average molecular weight is 234 g/mol. The van der Waals surface area contributed by atoms with Crippen molar-refractivity contribution < 1.29 is 0 Å². The molecule has 0 spiro atoms. The largest absolute Gasteiger partial charge is 0.311 e. The van der Waals surface area contributed by atoms with Gasteiger partial charge in [-0.25, -0.2) is 4.68 Å². The standard InChI is InChI=1S/C11H18N6/c1-3-12-6-11-9-17(15-14-11)8-10-5-13-16(4-2)7-10/h5,7,9,12H,3-4,6,8H2,1-2H3. The van der Waals surface area contributed by atoms with E-state index in [4.69, 9.17) is 0 Å². The van der Waals surface area contributed by atoms with Crippen molar-refractivity contribution in [2.24, 2.45) is 0 Å². The molecule has 0 atom stereocenters. The quantitative estimate of drug-likeness (QED) is 0.797. The summed E-state index contributed by atoms with van der Waals surface area (Å²) in [6, 6.07) is 0. The molecule has 2 rings (SSSR count). The van der Waals surface area contributed by atoms with Crippen LogP contribution in [-0.4, -0.2) is 31.3 Å². The first-order chi connectivity index (χ1) is 8.31. The van der Waals surface area contributed by atoms with E-state index in [2.05, 4.69) is 34.6 Å². The van der Waals surface area contributed by atoms with Gasteiger partial charge >= 0.3 is 0 Å². The van der Waals surface area contributed by atoms with Crippen molar-refractivity contribution in [2.45, 2.75) is 33.5 Å². The fourth-order valence-electron chi connectivity index (χ4n) is 1.60. The number of hydrogen-bond donors (Lipinski definition) is 1. The van der Waals surface area contributed by atoms with E-state index in [0.717, 1.165) is 37.4 Å². The zero-order chi connectivity index (χ0) is 12.1. The normalized spacial score (nSPS) is 10.9. The van der Waals surface area contributed by atoms with Crippen LogP contribution in [0.25, 0.3) is 0 Å². The SMILES string of the molecule is CCNCc1cn(Cc2cnn(CC)c2)nn1. The summed E-state index contributed by atoms with van der Waals surface area (Å²) in [7, 11) is 0. The minimum absolute atomic E-state index is 0.721. The molecule has 2 aromatic heterocycles. The molecular weight excluding hydrogens is 216 g/mol. The molecule has 6 heteroatoms. The van der Waals surface area contributed by atoms with E-state index < -0.39 is 0 Å².